The van der Waals surface area contributed by atoms with Crippen LogP contribution < -0.4 is 5.19 Å². The lowest BCUT2D eigenvalue weighted by molar-refractivity contribution is 0.361. The lowest BCUT2D eigenvalue weighted by atomic mass is 10.4. The summed E-state index contributed by atoms with van der Waals surface area (Å²) < 4.78 is 5.36. The molecule has 1 nitrogen and oxygen atoms in total. The monoisotopic (exact) mass is 220 g/mol. The number of alkyl halides is 2. The van der Waals surface area contributed by atoms with Gasteiger partial charge in [-0.1, -0.05) is 30.3 Å². The van der Waals surface area contributed by atoms with Crippen molar-refractivity contribution < 1.29 is 4.43 Å². The van der Waals surface area contributed by atoms with Crippen molar-refractivity contribution in [3.63, 3.8) is 0 Å². The molecule has 0 atom stereocenters. The van der Waals surface area contributed by atoms with Crippen LogP contribution in [0.25, 0.3) is 0 Å². The second-order valence-corrected chi connectivity index (χ2v) is 5.18. The molecule has 0 spiro atoms. The molecule has 0 unspecified atom stereocenters. The number of benzene rings is 1. The SMILES string of the molecule is ClC(Cl)CO[SiH2]c1ccccc1. The van der Waals surface area contributed by atoms with Crippen LogP contribution in [-0.2, 0) is 4.43 Å². The van der Waals surface area contributed by atoms with E-state index in [1.54, 1.807) is 0 Å². The molecule has 0 fully saturated rings. The van der Waals surface area contributed by atoms with E-state index >= 15 is 0 Å². The van der Waals surface area contributed by atoms with Gasteiger partial charge in [0.25, 0.3) is 0 Å². The maximum atomic E-state index is 5.51. The third-order valence-electron chi connectivity index (χ3n) is 1.36. The second-order valence-electron chi connectivity index (χ2n) is 2.39. The van der Waals surface area contributed by atoms with Crippen molar-refractivity contribution in [1.29, 1.82) is 0 Å². The Morgan fingerprint density at radius 1 is 1.25 bits per heavy atom. The van der Waals surface area contributed by atoms with Crippen molar-refractivity contribution >= 4 is 38.2 Å². The summed E-state index contributed by atoms with van der Waals surface area (Å²) in [5, 5.41) is 1.27. The average molecular weight is 221 g/mol. The number of hydrogen-bond donors (Lipinski definition) is 0. The van der Waals surface area contributed by atoms with Gasteiger partial charge in [0.1, 0.15) is 4.84 Å². The topological polar surface area (TPSA) is 9.23 Å². The highest BCUT2D eigenvalue weighted by Gasteiger charge is 1.98. The zero-order chi connectivity index (χ0) is 8.81. The van der Waals surface area contributed by atoms with Crippen molar-refractivity contribution in [1.82, 2.24) is 0 Å². The molecular weight excluding hydrogens is 211 g/mol. The minimum atomic E-state index is -0.623. The maximum Gasteiger partial charge on any atom is 0.192 e. The van der Waals surface area contributed by atoms with Gasteiger partial charge in [0.2, 0.25) is 0 Å². The van der Waals surface area contributed by atoms with Gasteiger partial charge in [-0.15, -0.1) is 23.2 Å². The minimum absolute atomic E-state index is 0.402. The summed E-state index contributed by atoms with van der Waals surface area (Å²) in [5.74, 6) is 0. The van der Waals surface area contributed by atoms with Gasteiger partial charge in [-0.25, -0.2) is 0 Å². The Bertz CT molecular complexity index is 216. The molecule has 0 aliphatic heterocycles. The zero-order valence-corrected chi connectivity index (χ0v) is 9.47. The molecule has 1 aromatic rings. The van der Waals surface area contributed by atoms with Crippen LogP contribution in [0.15, 0.2) is 30.3 Å². The van der Waals surface area contributed by atoms with E-state index < -0.39 is 14.6 Å². The first kappa shape index (κ1) is 10.1. The van der Waals surface area contributed by atoms with E-state index in [9.17, 15) is 0 Å². The summed E-state index contributed by atoms with van der Waals surface area (Å²) in [6, 6.07) is 10.1. The molecule has 0 amide bonds. The Morgan fingerprint density at radius 2 is 1.92 bits per heavy atom. The second kappa shape index (κ2) is 5.59. The molecule has 66 valence electrons. The van der Waals surface area contributed by atoms with E-state index in [1.807, 2.05) is 18.2 Å². The number of rotatable bonds is 4. The molecule has 0 radical (unpaired) electrons. The van der Waals surface area contributed by atoms with Gasteiger partial charge in [0, 0.05) is 0 Å². The smallest absolute Gasteiger partial charge is 0.192 e. The highest BCUT2D eigenvalue weighted by molar-refractivity contribution is 6.47. The fourth-order valence-corrected chi connectivity index (χ4v) is 2.37. The lowest BCUT2D eigenvalue weighted by Crippen LogP contribution is -2.19. The van der Waals surface area contributed by atoms with Crippen molar-refractivity contribution in [2.24, 2.45) is 0 Å². The molecule has 0 aliphatic rings. The average Bonchev–Trinajstić information content (AvgIpc) is 2.05. The molecule has 1 rings (SSSR count). The molecule has 4 heteroatoms. The largest absolute Gasteiger partial charge is 0.416 e. The zero-order valence-electron chi connectivity index (χ0n) is 6.54. The summed E-state index contributed by atoms with van der Waals surface area (Å²) in [4.78, 5) is -0.402. The van der Waals surface area contributed by atoms with Crippen LogP contribution in [-0.4, -0.2) is 21.2 Å². The van der Waals surface area contributed by atoms with E-state index in [2.05, 4.69) is 12.1 Å². The van der Waals surface area contributed by atoms with Gasteiger partial charge in [0.05, 0.1) is 6.61 Å². The van der Waals surface area contributed by atoms with Crippen molar-refractivity contribution in [3.8, 4) is 0 Å². The van der Waals surface area contributed by atoms with Crippen LogP contribution in [0.2, 0.25) is 0 Å². The molecule has 0 saturated carbocycles. The molecule has 12 heavy (non-hydrogen) atoms. The van der Waals surface area contributed by atoms with E-state index in [0.29, 0.717) is 6.61 Å². The van der Waals surface area contributed by atoms with Crippen LogP contribution in [0.5, 0.6) is 0 Å². The summed E-state index contributed by atoms with van der Waals surface area (Å²) in [6.45, 7) is 0.435. The van der Waals surface area contributed by atoms with Crippen LogP contribution in [0.1, 0.15) is 0 Å². The van der Waals surface area contributed by atoms with Crippen LogP contribution in [0, 0.1) is 0 Å². The van der Waals surface area contributed by atoms with Crippen molar-refractivity contribution in [2.45, 2.75) is 4.84 Å². The molecule has 1 aromatic carbocycles. The van der Waals surface area contributed by atoms with Gasteiger partial charge in [-0.2, -0.15) is 0 Å². The summed E-state index contributed by atoms with van der Waals surface area (Å²) in [7, 11) is -0.623. The Balaban J connectivity index is 2.25. The van der Waals surface area contributed by atoms with Gasteiger partial charge < -0.3 is 4.43 Å². The summed E-state index contributed by atoms with van der Waals surface area (Å²) in [6.07, 6.45) is 0. The molecule has 0 bridgehead atoms. The first-order valence-electron chi connectivity index (χ1n) is 3.69. The first-order chi connectivity index (χ1) is 5.79. The fourth-order valence-electron chi connectivity index (χ4n) is 0.840. The quantitative estimate of drug-likeness (QED) is 0.548. The van der Waals surface area contributed by atoms with Gasteiger partial charge in [-0.3, -0.25) is 0 Å². The lowest BCUT2D eigenvalue weighted by Gasteiger charge is -2.03. The summed E-state index contributed by atoms with van der Waals surface area (Å²) in [5.41, 5.74) is 0. The molecular formula is C8H10Cl2OSi. The molecule has 0 N–H and O–H groups in total. The Kier molecular flexibility index (Phi) is 4.69. The standard InChI is InChI=1S/C8H10Cl2OSi/c9-8(10)6-11-12-7-4-2-1-3-5-7/h1-5,8H,6,12H2. The summed E-state index contributed by atoms with van der Waals surface area (Å²) >= 11 is 11.0. The normalized spacial score (nSPS) is 11.6. The highest BCUT2D eigenvalue weighted by Crippen LogP contribution is 2.00. The molecule has 0 heterocycles. The minimum Gasteiger partial charge on any atom is -0.416 e. The van der Waals surface area contributed by atoms with E-state index in [1.165, 1.54) is 5.19 Å². The third-order valence-corrected chi connectivity index (χ3v) is 2.85. The molecule has 0 saturated heterocycles. The molecule has 0 aliphatic carbocycles. The maximum absolute atomic E-state index is 5.51. The number of halogens is 2. The molecule has 0 aromatic heterocycles. The third kappa shape index (κ3) is 4.12. The van der Waals surface area contributed by atoms with Crippen LogP contribution >= 0.6 is 23.2 Å². The Labute approximate surface area is 84.6 Å². The fraction of sp³-hybridized carbons (Fsp3) is 0.250. The number of hydrogen-bond acceptors (Lipinski definition) is 1. The Morgan fingerprint density at radius 3 is 2.50 bits per heavy atom. The van der Waals surface area contributed by atoms with E-state index in [0.717, 1.165) is 0 Å². The first-order valence-corrected chi connectivity index (χ1v) is 5.84. The van der Waals surface area contributed by atoms with Crippen LogP contribution in [0.3, 0.4) is 0 Å². The van der Waals surface area contributed by atoms with Gasteiger partial charge in [0.15, 0.2) is 9.76 Å². The predicted octanol–water partition coefficient (Wildman–Crippen LogP) is 1.22. The Hall–Kier alpha value is -0.0231. The van der Waals surface area contributed by atoms with Crippen molar-refractivity contribution in [2.75, 3.05) is 6.61 Å². The van der Waals surface area contributed by atoms with E-state index in [-0.39, 0.29) is 0 Å². The van der Waals surface area contributed by atoms with Gasteiger partial charge in [-0.05, 0) is 5.19 Å². The predicted molar refractivity (Wildman–Crippen MR) is 56.1 cm³/mol. The van der Waals surface area contributed by atoms with Crippen molar-refractivity contribution in [3.05, 3.63) is 30.3 Å². The highest BCUT2D eigenvalue weighted by atomic mass is 35.5. The van der Waals surface area contributed by atoms with E-state index in [4.69, 9.17) is 27.6 Å². The van der Waals surface area contributed by atoms with Crippen LogP contribution in [0.4, 0.5) is 0 Å². The van der Waals surface area contributed by atoms with Gasteiger partial charge >= 0.3 is 0 Å².